The van der Waals surface area contributed by atoms with Crippen LogP contribution >= 0.6 is 7.82 Å². The Labute approximate surface area is 258 Å². The maximum Gasteiger partial charge on any atom is 0.472 e. The van der Waals surface area contributed by atoms with Crippen molar-refractivity contribution in [2.24, 2.45) is 5.73 Å². The number of unbranched alkanes of at least 4 members (excludes halogenated alkanes) is 11. The van der Waals surface area contributed by atoms with E-state index in [1.165, 1.54) is 19.3 Å². The minimum absolute atomic E-state index is 0.146. The van der Waals surface area contributed by atoms with Crippen molar-refractivity contribution >= 4 is 25.7 Å². The van der Waals surface area contributed by atoms with Gasteiger partial charge in [-0.2, -0.15) is 0 Å². The number of hydrogen-bond donors (Lipinski definition) is 3. The Kier molecular flexibility index (Phi) is 26.2. The van der Waals surface area contributed by atoms with Crippen molar-refractivity contribution in [1.82, 2.24) is 0 Å². The molecule has 0 rings (SSSR count). The van der Waals surface area contributed by atoms with E-state index in [-0.39, 0.29) is 19.4 Å². The molecule has 12 heteroatoms. The smallest absolute Gasteiger partial charge is 0.472 e. The Hall–Kier alpha value is -2.04. The van der Waals surface area contributed by atoms with E-state index in [1.54, 1.807) is 0 Å². The molecule has 0 radical (unpaired) electrons. The van der Waals surface area contributed by atoms with E-state index < -0.39 is 51.1 Å². The first-order chi connectivity index (χ1) is 20.6. The number of hydrogen-bond acceptors (Lipinski definition) is 9. The van der Waals surface area contributed by atoms with Gasteiger partial charge in [-0.25, -0.2) is 4.57 Å². The van der Waals surface area contributed by atoms with Gasteiger partial charge in [-0.15, -0.1) is 0 Å². The van der Waals surface area contributed by atoms with Gasteiger partial charge >= 0.3 is 25.7 Å². The highest BCUT2D eigenvalue weighted by atomic mass is 31.2. The van der Waals surface area contributed by atoms with Crippen LogP contribution in [0.25, 0.3) is 0 Å². The summed E-state index contributed by atoms with van der Waals surface area (Å²) in [4.78, 5) is 45.1. The van der Waals surface area contributed by atoms with Gasteiger partial charge in [0.1, 0.15) is 12.6 Å². The fourth-order valence-electron chi connectivity index (χ4n) is 3.86. The molecule has 0 saturated carbocycles. The summed E-state index contributed by atoms with van der Waals surface area (Å²) in [7, 11) is -4.69. The van der Waals surface area contributed by atoms with Crippen molar-refractivity contribution in [1.29, 1.82) is 0 Å². The zero-order chi connectivity index (χ0) is 32.2. The maximum atomic E-state index is 12.4. The molecule has 0 bridgehead atoms. The summed E-state index contributed by atoms with van der Waals surface area (Å²) in [5, 5.41) is 8.79. The van der Waals surface area contributed by atoms with E-state index >= 15 is 0 Å². The number of phosphoric acid groups is 1. The van der Waals surface area contributed by atoms with Crippen molar-refractivity contribution in [2.75, 3.05) is 19.8 Å². The average molecular weight is 634 g/mol. The van der Waals surface area contributed by atoms with Crippen LogP contribution in [0.2, 0.25) is 0 Å². The number of nitrogens with two attached hydrogens (primary N) is 1. The Morgan fingerprint density at radius 2 is 1.23 bits per heavy atom. The zero-order valence-corrected chi connectivity index (χ0v) is 27.2. The highest BCUT2D eigenvalue weighted by Crippen LogP contribution is 2.43. The number of carboxylic acid groups (broad SMARTS) is 1. The third kappa shape index (κ3) is 27.3. The molecule has 0 aromatic heterocycles. The number of aliphatic carboxylic acids is 1. The number of esters is 2. The lowest BCUT2D eigenvalue weighted by Crippen LogP contribution is -2.34. The fourth-order valence-corrected chi connectivity index (χ4v) is 4.63. The third-order valence-electron chi connectivity index (χ3n) is 6.45. The van der Waals surface area contributed by atoms with Gasteiger partial charge in [0.15, 0.2) is 6.10 Å². The summed E-state index contributed by atoms with van der Waals surface area (Å²) >= 11 is 0. The van der Waals surface area contributed by atoms with Gasteiger partial charge in [-0.1, -0.05) is 89.5 Å². The molecular weight excluding hydrogens is 577 g/mol. The number of carbonyl (C=O) groups excluding carboxylic acids is 2. The molecule has 0 aromatic rings. The number of rotatable bonds is 29. The molecule has 250 valence electrons. The van der Waals surface area contributed by atoms with Gasteiger partial charge in [0.05, 0.1) is 13.2 Å². The molecule has 0 amide bonds. The van der Waals surface area contributed by atoms with E-state index in [0.29, 0.717) is 12.8 Å². The topological polar surface area (TPSA) is 172 Å². The Morgan fingerprint density at radius 1 is 0.721 bits per heavy atom. The molecule has 4 N–H and O–H groups in total. The number of carboxylic acids is 1. The minimum atomic E-state index is -4.69. The fraction of sp³-hybridized carbons (Fsp3) is 0.774. The summed E-state index contributed by atoms with van der Waals surface area (Å²) in [5.74, 6) is -2.42. The van der Waals surface area contributed by atoms with Crippen molar-refractivity contribution in [3.8, 4) is 0 Å². The lowest BCUT2D eigenvalue weighted by atomic mass is 10.1. The lowest BCUT2D eigenvalue weighted by Gasteiger charge is -2.20. The quantitative estimate of drug-likeness (QED) is 0.0343. The van der Waals surface area contributed by atoms with Crippen LogP contribution in [-0.4, -0.2) is 59.9 Å². The number of carbonyl (C=O) groups is 3. The number of ether oxygens (including phenoxy) is 2. The second-order valence-corrected chi connectivity index (χ2v) is 12.0. The Balaban J connectivity index is 4.43. The number of phosphoric ester groups is 1. The summed E-state index contributed by atoms with van der Waals surface area (Å²) < 4.78 is 32.1. The molecule has 3 unspecified atom stereocenters. The van der Waals surface area contributed by atoms with Crippen LogP contribution in [0.1, 0.15) is 123 Å². The first kappa shape index (κ1) is 41.0. The van der Waals surface area contributed by atoms with Gasteiger partial charge in [0.25, 0.3) is 0 Å². The third-order valence-corrected chi connectivity index (χ3v) is 7.40. The van der Waals surface area contributed by atoms with E-state index in [4.69, 9.17) is 24.8 Å². The van der Waals surface area contributed by atoms with E-state index in [2.05, 4.69) is 42.7 Å². The zero-order valence-electron chi connectivity index (χ0n) is 26.3. The predicted molar refractivity (Wildman–Crippen MR) is 166 cm³/mol. The molecule has 0 aliphatic carbocycles. The van der Waals surface area contributed by atoms with Crippen LogP contribution in [-0.2, 0) is 37.5 Å². The summed E-state index contributed by atoms with van der Waals surface area (Å²) in [6.07, 6.45) is 23.3. The molecule has 11 nitrogen and oxygen atoms in total. The molecule has 0 aliphatic rings. The van der Waals surface area contributed by atoms with Gasteiger partial charge < -0.3 is 25.2 Å². The number of allylic oxidation sites excluding steroid dienone is 4. The highest BCUT2D eigenvalue weighted by Gasteiger charge is 2.28. The standard InChI is InChI=1S/C31H56NO10P/c1-3-5-7-9-10-11-12-13-14-15-16-17-18-19-21-23-30(34)42-27(24-39-29(33)22-20-8-6-4-2)25-40-43(37,38)41-26-28(32)31(35)36/h10-11,13-14,27-28H,3-9,12,15-26,32H2,1-2H3,(H,35,36)(H,37,38)/b11-10-,14-13-. The molecular formula is C31H56NO10P. The largest absolute Gasteiger partial charge is 0.480 e. The second kappa shape index (κ2) is 27.5. The molecule has 0 spiro atoms. The monoisotopic (exact) mass is 633 g/mol. The summed E-state index contributed by atoms with van der Waals surface area (Å²) in [6, 6.07) is -1.52. The van der Waals surface area contributed by atoms with Crippen LogP contribution < -0.4 is 5.73 Å². The first-order valence-electron chi connectivity index (χ1n) is 15.9. The van der Waals surface area contributed by atoms with Crippen LogP contribution in [0.5, 0.6) is 0 Å². The van der Waals surface area contributed by atoms with Gasteiger partial charge in [0.2, 0.25) is 0 Å². The molecule has 0 aliphatic heterocycles. The van der Waals surface area contributed by atoms with Crippen LogP contribution in [0.15, 0.2) is 24.3 Å². The predicted octanol–water partition coefficient (Wildman–Crippen LogP) is 6.77. The highest BCUT2D eigenvalue weighted by molar-refractivity contribution is 7.47. The minimum Gasteiger partial charge on any atom is -0.480 e. The molecule has 0 fully saturated rings. The maximum absolute atomic E-state index is 12.4. The Bertz CT molecular complexity index is 848. The van der Waals surface area contributed by atoms with Gasteiger partial charge in [0, 0.05) is 12.8 Å². The normalized spacial score (nSPS) is 14.5. The summed E-state index contributed by atoms with van der Waals surface area (Å²) in [5.41, 5.74) is 5.27. The SMILES string of the molecule is CCCCC/C=C\C/C=C\CCCCCCCC(=O)OC(COC(=O)CCCCCC)COP(=O)(O)OCC(N)C(=O)O. The first-order valence-corrected chi connectivity index (χ1v) is 17.4. The van der Waals surface area contributed by atoms with Crippen molar-refractivity contribution in [3.05, 3.63) is 24.3 Å². The van der Waals surface area contributed by atoms with E-state index in [9.17, 15) is 23.8 Å². The lowest BCUT2D eigenvalue weighted by molar-refractivity contribution is -0.161. The summed E-state index contributed by atoms with van der Waals surface area (Å²) in [6.45, 7) is 2.57. The van der Waals surface area contributed by atoms with E-state index in [0.717, 1.165) is 64.2 Å². The van der Waals surface area contributed by atoms with Crippen LogP contribution in [0, 0.1) is 0 Å². The van der Waals surface area contributed by atoms with Crippen LogP contribution in [0.3, 0.4) is 0 Å². The van der Waals surface area contributed by atoms with Crippen LogP contribution in [0.4, 0.5) is 0 Å². The average Bonchev–Trinajstić information content (AvgIpc) is 2.97. The van der Waals surface area contributed by atoms with Crippen molar-refractivity contribution < 1.29 is 47.5 Å². The molecule has 0 saturated heterocycles. The second-order valence-electron chi connectivity index (χ2n) is 10.6. The Morgan fingerprint density at radius 3 is 1.86 bits per heavy atom. The van der Waals surface area contributed by atoms with Gasteiger partial charge in [-0.3, -0.25) is 23.4 Å². The molecule has 0 heterocycles. The van der Waals surface area contributed by atoms with Crippen molar-refractivity contribution in [2.45, 2.75) is 135 Å². The molecule has 3 atom stereocenters. The molecule has 0 aromatic carbocycles. The molecule has 43 heavy (non-hydrogen) atoms. The van der Waals surface area contributed by atoms with Crippen molar-refractivity contribution in [3.63, 3.8) is 0 Å². The van der Waals surface area contributed by atoms with Gasteiger partial charge in [-0.05, 0) is 44.9 Å². The van der Waals surface area contributed by atoms with E-state index in [1.807, 2.05) is 0 Å².